The molecule has 310 valence electrons. The maximum absolute atomic E-state index is 12.6. The minimum atomic E-state index is -1.39. The summed E-state index contributed by atoms with van der Waals surface area (Å²) in [7, 11) is 0. The Balaban J connectivity index is 4.18. The number of rotatable bonds is 36. The van der Waals surface area contributed by atoms with Gasteiger partial charge in [0.1, 0.15) is 12.1 Å². The molecule has 0 heterocycles. The molecule has 0 bridgehead atoms. The standard InChI is InChI=1S/C46H74N2O7/c1-3-5-7-9-10-11-12-13-14-15-16-17-18-19-20-21-22-23-24-25-26-28-34-38-45(52)55-41(35-31-27-8-6-4-2)36-32-29-30-33-37-43(50)47-39-44(51)48-42(40-49)46(53)54/h5,7,10-11,13-14,16-17,19-20,22-23,25-26,41-42,49H,3-4,6,8-9,12,15,18,21,24,27-40H2,1-2H3,(H,47,50)(H,48,51)(H,53,54)/b7-5-,11-10-,14-13-,17-16-,20-19-,23-22-,26-25-. The van der Waals surface area contributed by atoms with E-state index in [1.165, 1.54) is 19.3 Å². The largest absolute Gasteiger partial charge is 0.480 e. The lowest BCUT2D eigenvalue weighted by molar-refractivity contribution is -0.150. The van der Waals surface area contributed by atoms with E-state index in [2.05, 4.69) is 110 Å². The number of unbranched alkanes of at least 4 members (excludes halogenated alkanes) is 8. The highest BCUT2D eigenvalue weighted by Gasteiger charge is 2.19. The van der Waals surface area contributed by atoms with E-state index in [4.69, 9.17) is 14.9 Å². The van der Waals surface area contributed by atoms with Crippen molar-refractivity contribution in [2.75, 3.05) is 13.2 Å². The Morgan fingerprint density at radius 1 is 0.564 bits per heavy atom. The number of aliphatic carboxylic acids is 1. The molecule has 0 aliphatic rings. The third-order valence-corrected chi connectivity index (χ3v) is 8.66. The van der Waals surface area contributed by atoms with Crippen LogP contribution in [0.3, 0.4) is 0 Å². The number of carbonyl (C=O) groups is 4. The maximum atomic E-state index is 12.6. The highest BCUT2D eigenvalue weighted by atomic mass is 16.5. The summed E-state index contributed by atoms with van der Waals surface area (Å²) in [5, 5.41) is 22.5. The zero-order valence-electron chi connectivity index (χ0n) is 34.1. The van der Waals surface area contributed by atoms with Gasteiger partial charge in [-0.3, -0.25) is 14.4 Å². The van der Waals surface area contributed by atoms with Crippen molar-refractivity contribution in [2.45, 2.75) is 167 Å². The normalized spacial score (nSPS) is 13.4. The predicted molar refractivity (Wildman–Crippen MR) is 226 cm³/mol. The third kappa shape index (κ3) is 36.8. The summed E-state index contributed by atoms with van der Waals surface area (Å²) in [6, 6.07) is -1.39. The molecular weight excluding hydrogens is 693 g/mol. The smallest absolute Gasteiger partial charge is 0.328 e. The lowest BCUT2D eigenvalue weighted by atomic mass is 10.0. The minimum Gasteiger partial charge on any atom is -0.480 e. The van der Waals surface area contributed by atoms with Crippen LogP contribution in [0.1, 0.15) is 155 Å². The molecule has 2 atom stereocenters. The summed E-state index contributed by atoms with van der Waals surface area (Å²) < 4.78 is 5.91. The number of aliphatic hydroxyl groups excluding tert-OH is 1. The topological polar surface area (TPSA) is 142 Å². The number of esters is 1. The molecule has 0 rings (SSSR count). The highest BCUT2D eigenvalue weighted by Crippen LogP contribution is 2.17. The average molecular weight is 767 g/mol. The molecule has 0 aliphatic carbocycles. The van der Waals surface area contributed by atoms with Gasteiger partial charge in [0, 0.05) is 12.8 Å². The monoisotopic (exact) mass is 767 g/mol. The summed E-state index contributed by atoms with van der Waals surface area (Å²) in [5.74, 6) is -2.42. The first kappa shape index (κ1) is 51.0. The summed E-state index contributed by atoms with van der Waals surface area (Å²) in [6.07, 6.45) is 50.6. The van der Waals surface area contributed by atoms with E-state index >= 15 is 0 Å². The van der Waals surface area contributed by atoms with Gasteiger partial charge in [0.15, 0.2) is 0 Å². The van der Waals surface area contributed by atoms with E-state index in [0.29, 0.717) is 12.8 Å². The fraction of sp³-hybridized carbons (Fsp3) is 0.609. The van der Waals surface area contributed by atoms with Crippen LogP contribution >= 0.6 is 0 Å². The minimum absolute atomic E-state index is 0.0758. The van der Waals surface area contributed by atoms with Crippen LogP contribution in [-0.4, -0.2) is 59.3 Å². The molecule has 0 aromatic heterocycles. The van der Waals surface area contributed by atoms with Gasteiger partial charge in [-0.15, -0.1) is 0 Å². The Bertz CT molecular complexity index is 1200. The van der Waals surface area contributed by atoms with Crippen LogP contribution in [0.15, 0.2) is 85.1 Å². The number of ether oxygens (including phenoxy) is 1. The molecule has 0 saturated heterocycles. The average Bonchev–Trinajstić information content (AvgIpc) is 3.17. The van der Waals surface area contributed by atoms with Gasteiger partial charge in [0.05, 0.1) is 13.2 Å². The molecule has 9 heteroatoms. The van der Waals surface area contributed by atoms with Crippen molar-refractivity contribution in [1.29, 1.82) is 0 Å². The van der Waals surface area contributed by atoms with Crippen molar-refractivity contribution in [2.24, 2.45) is 0 Å². The Kier molecular flexibility index (Phi) is 36.8. The fourth-order valence-electron chi connectivity index (χ4n) is 5.47. The summed E-state index contributed by atoms with van der Waals surface area (Å²) in [4.78, 5) is 47.4. The highest BCUT2D eigenvalue weighted by molar-refractivity contribution is 5.87. The van der Waals surface area contributed by atoms with Crippen LogP contribution < -0.4 is 10.6 Å². The Morgan fingerprint density at radius 3 is 1.51 bits per heavy atom. The SMILES string of the molecule is CC/C=C\C/C=C\C/C=C\C/C=C\C/C=C\C/C=C\C/C=C\CCCC(=O)OC(CCCCCCC)CCCCCCC(=O)NCC(=O)NC(CO)C(=O)O. The first-order chi connectivity index (χ1) is 26.8. The van der Waals surface area contributed by atoms with E-state index in [-0.39, 0.29) is 30.9 Å². The summed E-state index contributed by atoms with van der Waals surface area (Å²) in [6.45, 7) is 3.28. The van der Waals surface area contributed by atoms with Crippen molar-refractivity contribution in [1.82, 2.24) is 10.6 Å². The van der Waals surface area contributed by atoms with Gasteiger partial charge in [0.25, 0.3) is 0 Å². The van der Waals surface area contributed by atoms with Gasteiger partial charge in [-0.1, -0.05) is 137 Å². The van der Waals surface area contributed by atoms with Gasteiger partial charge < -0.3 is 25.6 Å². The van der Waals surface area contributed by atoms with E-state index in [9.17, 15) is 19.2 Å². The molecule has 0 aromatic carbocycles. The van der Waals surface area contributed by atoms with Crippen LogP contribution in [-0.2, 0) is 23.9 Å². The van der Waals surface area contributed by atoms with E-state index in [1.54, 1.807) is 0 Å². The zero-order valence-corrected chi connectivity index (χ0v) is 34.1. The number of hydrogen-bond acceptors (Lipinski definition) is 6. The fourth-order valence-corrected chi connectivity index (χ4v) is 5.47. The Morgan fingerprint density at radius 2 is 1.04 bits per heavy atom. The molecule has 0 aromatic rings. The molecule has 0 aliphatic heterocycles. The van der Waals surface area contributed by atoms with Crippen molar-refractivity contribution in [3.05, 3.63) is 85.1 Å². The molecule has 4 N–H and O–H groups in total. The van der Waals surface area contributed by atoms with Gasteiger partial charge in [-0.25, -0.2) is 4.79 Å². The van der Waals surface area contributed by atoms with Crippen molar-refractivity contribution in [3.8, 4) is 0 Å². The Hall–Kier alpha value is -3.98. The van der Waals surface area contributed by atoms with Crippen molar-refractivity contribution < 1.29 is 34.1 Å². The lowest BCUT2D eigenvalue weighted by Gasteiger charge is -2.18. The predicted octanol–water partition coefficient (Wildman–Crippen LogP) is 10.1. The van der Waals surface area contributed by atoms with Crippen LogP contribution in [0.25, 0.3) is 0 Å². The number of carboxylic acid groups (broad SMARTS) is 1. The van der Waals surface area contributed by atoms with E-state index in [1.807, 2.05) is 0 Å². The van der Waals surface area contributed by atoms with Gasteiger partial charge in [-0.2, -0.15) is 0 Å². The van der Waals surface area contributed by atoms with Crippen LogP contribution in [0, 0.1) is 0 Å². The molecule has 9 nitrogen and oxygen atoms in total. The number of aliphatic hydroxyl groups is 1. The molecule has 2 unspecified atom stereocenters. The molecule has 55 heavy (non-hydrogen) atoms. The van der Waals surface area contributed by atoms with Gasteiger partial charge in [0.2, 0.25) is 11.8 Å². The van der Waals surface area contributed by atoms with E-state index in [0.717, 1.165) is 103 Å². The number of carboxylic acids is 1. The number of hydrogen-bond donors (Lipinski definition) is 4. The zero-order chi connectivity index (χ0) is 40.5. The molecular formula is C46H74N2O7. The second-order valence-corrected chi connectivity index (χ2v) is 13.7. The first-order valence-electron chi connectivity index (χ1n) is 21.0. The number of carbonyl (C=O) groups excluding carboxylic acids is 3. The van der Waals surface area contributed by atoms with Crippen molar-refractivity contribution in [3.63, 3.8) is 0 Å². The molecule has 0 saturated carbocycles. The lowest BCUT2D eigenvalue weighted by Crippen LogP contribution is -2.47. The third-order valence-electron chi connectivity index (χ3n) is 8.66. The van der Waals surface area contributed by atoms with Crippen LogP contribution in [0.2, 0.25) is 0 Å². The molecule has 2 amide bonds. The first-order valence-corrected chi connectivity index (χ1v) is 21.0. The number of allylic oxidation sites excluding steroid dienone is 14. The Labute approximate surface area is 333 Å². The second kappa shape index (κ2) is 39.7. The van der Waals surface area contributed by atoms with Crippen LogP contribution in [0.5, 0.6) is 0 Å². The van der Waals surface area contributed by atoms with Crippen molar-refractivity contribution >= 4 is 23.8 Å². The number of nitrogens with one attached hydrogen (secondary N) is 2. The van der Waals surface area contributed by atoms with Crippen LogP contribution in [0.4, 0.5) is 0 Å². The summed E-state index contributed by atoms with van der Waals surface area (Å²) >= 11 is 0. The molecule has 0 fully saturated rings. The van der Waals surface area contributed by atoms with Gasteiger partial charge >= 0.3 is 11.9 Å². The second-order valence-electron chi connectivity index (χ2n) is 13.7. The maximum Gasteiger partial charge on any atom is 0.328 e. The van der Waals surface area contributed by atoms with E-state index < -0.39 is 24.5 Å². The summed E-state index contributed by atoms with van der Waals surface area (Å²) in [5.41, 5.74) is 0. The number of amides is 2. The molecule has 0 spiro atoms. The quantitative estimate of drug-likeness (QED) is 0.0283. The van der Waals surface area contributed by atoms with Gasteiger partial charge in [-0.05, 0) is 89.9 Å². The molecule has 0 radical (unpaired) electrons.